The van der Waals surface area contributed by atoms with Crippen LogP contribution < -0.4 is 48.0 Å². The predicted octanol–water partition coefficient (Wildman–Crippen LogP) is -5.91. The van der Waals surface area contributed by atoms with E-state index in [4.69, 9.17) is 4.74 Å². The maximum Gasteiger partial charge on any atom is 0.361 e. The van der Waals surface area contributed by atoms with Gasteiger partial charge in [-0.15, -0.1) is 0 Å². The smallest absolute Gasteiger partial charge is 0.361 e. The molecule has 0 aliphatic carbocycles. The number of halogens is 2. The van der Waals surface area contributed by atoms with Gasteiger partial charge in [0, 0.05) is 0 Å². The van der Waals surface area contributed by atoms with Crippen molar-refractivity contribution in [3.8, 4) is 0 Å². The largest absolute Gasteiger partial charge is 1.00 e. The first kappa shape index (κ1) is 20.2. The van der Waals surface area contributed by atoms with Crippen molar-refractivity contribution in [3.05, 3.63) is 0 Å². The molecule has 1 saturated heterocycles. The van der Waals surface area contributed by atoms with Crippen LogP contribution in [0, 0.1) is 0 Å². The standard InChI is InChI=1S/C11H24N2O2.2HI/c1-5-15-11(14)10-13(4)8-6-12(2,3)7-9-13;;/h5-10H2,1-4H3;2*1H/q+2;;/p-2. The lowest BCUT2D eigenvalue weighted by Gasteiger charge is -2.43. The van der Waals surface area contributed by atoms with Crippen LogP contribution in [0.4, 0.5) is 0 Å². The van der Waals surface area contributed by atoms with E-state index in [0.717, 1.165) is 35.1 Å². The van der Waals surface area contributed by atoms with Gasteiger partial charge >= 0.3 is 5.97 Å². The van der Waals surface area contributed by atoms with Crippen LogP contribution in [0.3, 0.4) is 0 Å². The van der Waals surface area contributed by atoms with Crippen LogP contribution in [0.25, 0.3) is 0 Å². The van der Waals surface area contributed by atoms with Crippen LogP contribution in [0.15, 0.2) is 0 Å². The molecule has 0 spiro atoms. The lowest BCUT2D eigenvalue weighted by molar-refractivity contribution is -1.00. The molecule has 0 bridgehead atoms. The summed E-state index contributed by atoms with van der Waals surface area (Å²) in [6.45, 7) is 7.26. The third kappa shape index (κ3) is 7.12. The molecule has 0 aromatic rings. The van der Waals surface area contributed by atoms with Crippen molar-refractivity contribution in [2.75, 3.05) is 60.5 Å². The van der Waals surface area contributed by atoms with Gasteiger partial charge in [0.25, 0.3) is 0 Å². The number of esters is 1. The van der Waals surface area contributed by atoms with E-state index in [2.05, 4.69) is 21.1 Å². The Bertz CT molecular complexity index is 238. The fourth-order valence-corrected chi connectivity index (χ4v) is 1.92. The van der Waals surface area contributed by atoms with E-state index in [-0.39, 0.29) is 53.9 Å². The molecule has 6 heteroatoms. The van der Waals surface area contributed by atoms with Crippen molar-refractivity contribution in [1.82, 2.24) is 0 Å². The van der Waals surface area contributed by atoms with Gasteiger partial charge in [0.2, 0.25) is 0 Å². The maximum atomic E-state index is 11.4. The number of likely N-dealkylation sites (N-methyl/N-ethyl adjacent to an activating group) is 2. The molecule has 0 aromatic carbocycles. The lowest BCUT2D eigenvalue weighted by atomic mass is 10.2. The number of hydrogen-bond acceptors (Lipinski definition) is 2. The van der Waals surface area contributed by atoms with Gasteiger partial charge in [-0.05, 0) is 6.92 Å². The zero-order valence-electron chi connectivity index (χ0n) is 11.2. The summed E-state index contributed by atoms with van der Waals surface area (Å²) in [6, 6.07) is 0. The van der Waals surface area contributed by atoms with Gasteiger partial charge in [-0.25, -0.2) is 4.79 Å². The van der Waals surface area contributed by atoms with Crippen LogP contribution in [0.1, 0.15) is 6.92 Å². The molecular formula is C11H24I2N2O2. The Morgan fingerprint density at radius 3 is 1.94 bits per heavy atom. The molecule has 104 valence electrons. The number of nitrogens with zero attached hydrogens (tertiary/aromatic N) is 2. The molecule has 4 nitrogen and oxygen atoms in total. The molecule has 0 N–H and O–H groups in total. The molecule has 0 aromatic heterocycles. The van der Waals surface area contributed by atoms with Gasteiger partial charge in [-0.3, -0.25) is 0 Å². The molecule has 1 fully saturated rings. The first-order chi connectivity index (χ1) is 6.87. The van der Waals surface area contributed by atoms with E-state index in [1.807, 2.05) is 6.92 Å². The Labute approximate surface area is 139 Å². The average Bonchev–Trinajstić information content (AvgIpc) is 2.12. The minimum absolute atomic E-state index is 0. The zero-order chi connectivity index (χ0) is 11.5. The van der Waals surface area contributed by atoms with Crippen molar-refractivity contribution in [2.45, 2.75) is 6.92 Å². The second-order valence-electron chi connectivity index (χ2n) is 5.41. The minimum atomic E-state index is -0.0628. The van der Waals surface area contributed by atoms with Crippen molar-refractivity contribution >= 4 is 5.97 Å². The highest BCUT2D eigenvalue weighted by atomic mass is 127. The third-order valence-electron chi connectivity index (χ3n) is 3.31. The van der Waals surface area contributed by atoms with Crippen LogP contribution >= 0.6 is 0 Å². The molecule has 1 aliphatic rings. The van der Waals surface area contributed by atoms with E-state index >= 15 is 0 Å². The quantitative estimate of drug-likeness (QED) is 0.234. The number of carbonyl (C=O) groups is 1. The number of piperazine rings is 1. The lowest BCUT2D eigenvalue weighted by Crippen LogP contribution is -3.00. The number of hydrogen-bond donors (Lipinski definition) is 0. The SMILES string of the molecule is CCOC(=O)C[N+]1(C)CC[N+](C)(C)CC1.[I-].[I-]. The highest BCUT2D eigenvalue weighted by molar-refractivity contribution is 5.70. The Kier molecular flexibility index (Phi) is 9.62. The average molecular weight is 470 g/mol. The highest BCUT2D eigenvalue weighted by Crippen LogP contribution is 2.13. The number of carbonyl (C=O) groups excluding carboxylic acids is 1. The van der Waals surface area contributed by atoms with Gasteiger partial charge < -0.3 is 61.7 Å². The van der Waals surface area contributed by atoms with E-state index < -0.39 is 0 Å². The molecule has 0 radical (unpaired) electrons. The number of quaternary nitrogens is 2. The highest BCUT2D eigenvalue weighted by Gasteiger charge is 2.36. The van der Waals surface area contributed by atoms with Gasteiger partial charge in [0.05, 0.1) is 27.7 Å². The summed E-state index contributed by atoms with van der Waals surface area (Å²) < 4.78 is 6.90. The number of rotatable bonds is 3. The van der Waals surface area contributed by atoms with Gasteiger partial charge in [-0.1, -0.05) is 0 Å². The van der Waals surface area contributed by atoms with E-state index in [1.165, 1.54) is 0 Å². The summed E-state index contributed by atoms with van der Waals surface area (Å²) in [5.41, 5.74) is 0. The van der Waals surface area contributed by atoms with Gasteiger partial charge in [0.1, 0.15) is 26.2 Å². The van der Waals surface area contributed by atoms with E-state index in [1.54, 1.807) is 0 Å². The molecular weight excluding hydrogens is 446 g/mol. The zero-order valence-corrected chi connectivity index (χ0v) is 15.5. The van der Waals surface area contributed by atoms with E-state index in [0.29, 0.717) is 13.2 Å². The topological polar surface area (TPSA) is 26.3 Å². The molecule has 1 aliphatic heterocycles. The minimum Gasteiger partial charge on any atom is -1.00 e. The van der Waals surface area contributed by atoms with Crippen molar-refractivity contribution in [2.24, 2.45) is 0 Å². The van der Waals surface area contributed by atoms with Gasteiger partial charge in [0.15, 0.2) is 6.54 Å². The second-order valence-corrected chi connectivity index (χ2v) is 5.41. The summed E-state index contributed by atoms with van der Waals surface area (Å²) in [5.74, 6) is -0.0628. The second kappa shape index (κ2) is 8.11. The van der Waals surface area contributed by atoms with Crippen molar-refractivity contribution in [3.63, 3.8) is 0 Å². The summed E-state index contributed by atoms with van der Waals surface area (Å²) in [6.07, 6.45) is 0. The Morgan fingerprint density at radius 2 is 1.53 bits per heavy atom. The first-order valence-corrected chi connectivity index (χ1v) is 5.68. The van der Waals surface area contributed by atoms with Crippen LogP contribution in [-0.4, -0.2) is 75.4 Å². The summed E-state index contributed by atoms with van der Waals surface area (Å²) in [7, 11) is 6.64. The fraction of sp³-hybridized carbons (Fsp3) is 0.909. The monoisotopic (exact) mass is 470 g/mol. The van der Waals surface area contributed by atoms with Crippen molar-refractivity contribution in [1.29, 1.82) is 0 Å². The molecule has 0 saturated carbocycles. The molecule has 0 unspecified atom stereocenters. The van der Waals surface area contributed by atoms with Crippen molar-refractivity contribution < 1.29 is 66.5 Å². The van der Waals surface area contributed by atoms with Crippen LogP contribution in [0.2, 0.25) is 0 Å². The fourth-order valence-electron chi connectivity index (χ4n) is 1.92. The molecule has 17 heavy (non-hydrogen) atoms. The summed E-state index contributed by atoms with van der Waals surface area (Å²) in [4.78, 5) is 11.4. The Morgan fingerprint density at radius 1 is 1.06 bits per heavy atom. The molecule has 1 heterocycles. The maximum absolute atomic E-state index is 11.4. The summed E-state index contributed by atoms with van der Waals surface area (Å²) >= 11 is 0. The number of ether oxygens (including phenoxy) is 1. The third-order valence-corrected chi connectivity index (χ3v) is 3.31. The van der Waals surface area contributed by atoms with Gasteiger partial charge in [-0.2, -0.15) is 0 Å². The molecule has 0 amide bonds. The molecule has 1 rings (SSSR count). The Balaban J connectivity index is 0. The Hall–Kier alpha value is 0.850. The first-order valence-electron chi connectivity index (χ1n) is 5.68. The normalized spacial score (nSPS) is 20.7. The van der Waals surface area contributed by atoms with Crippen LogP contribution in [0.5, 0.6) is 0 Å². The van der Waals surface area contributed by atoms with E-state index in [9.17, 15) is 4.79 Å². The molecule has 0 atom stereocenters. The summed E-state index contributed by atoms with van der Waals surface area (Å²) in [5, 5.41) is 0. The van der Waals surface area contributed by atoms with Crippen LogP contribution in [-0.2, 0) is 9.53 Å². The predicted molar refractivity (Wildman–Crippen MR) is 59.3 cm³/mol.